The molecule has 1 heterocycles. The number of rotatable bonds is 5. The second-order valence-electron chi connectivity index (χ2n) is 3.97. The Morgan fingerprint density at radius 3 is 2.04 bits per heavy atom. The molecule has 0 aliphatic heterocycles. The first-order valence-corrected chi connectivity index (χ1v) is 5.69. The van der Waals surface area contributed by atoms with Crippen LogP contribution in [0.4, 0.5) is 17.6 Å². The van der Waals surface area contributed by atoms with Gasteiger partial charge in [-0.05, 0) is 29.3 Å². The van der Waals surface area contributed by atoms with Gasteiger partial charge in [-0.15, -0.1) is 0 Å². The van der Waals surface area contributed by atoms with E-state index in [1.54, 1.807) is 0 Å². The Morgan fingerprint density at radius 2 is 1.58 bits per heavy atom. The van der Waals surface area contributed by atoms with E-state index in [-0.39, 0.29) is 76.7 Å². The van der Waals surface area contributed by atoms with Gasteiger partial charge < -0.3 is 25.1 Å². The number of anilines is 3. The van der Waals surface area contributed by atoms with E-state index in [0.29, 0.717) is 0 Å². The minimum absolute atomic E-state index is 0. The summed E-state index contributed by atoms with van der Waals surface area (Å²) in [6.45, 7) is 0. The summed E-state index contributed by atoms with van der Waals surface area (Å²) in [6.07, 6.45) is 0. The zero-order valence-corrected chi connectivity index (χ0v) is 16.7. The van der Waals surface area contributed by atoms with E-state index >= 15 is 0 Å². The molecule has 1 aromatic carbocycles. The number of aromatic nitrogens is 3. The summed E-state index contributed by atoms with van der Waals surface area (Å²) in [5.41, 5.74) is 0.537. The van der Waals surface area contributed by atoms with Crippen molar-refractivity contribution in [2.75, 3.05) is 10.7 Å². The number of hydrogen-bond donors (Lipinski definition) is 4. The molecular formula is C11H8N6Na2O5. The maximum Gasteiger partial charge on any atom is 1.00 e. The number of hydrogen-bond acceptors (Lipinski definition) is 10. The number of aromatic amines is 1. The minimum Gasteiger partial charge on any atom is -0.545 e. The van der Waals surface area contributed by atoms with Crippen LogP contribution in [0.3, 0.4) is 0 Å². The Kier molecular flexibility index (Phi) is 9.14. The molecule has 114 valence electrons. The monoisotopic (exact) mass is 350 g/mol. The van der Waals surface area contributed by atoms with Gasteiger partial charge in [0.2, 0.25) is 11.9 Å². The van der Waals surface area contributed by atoms with Gasteiger partial charge in [0.1, 0.15) is 0 Å². The van der Waals surface area contributed by atoms with Crippen LogP contribution in [-0.2, 0) is 0 Å². The van der Waals surface area contributed by atoms with E-state index in [2.05, 4.69) is 25.7 Å². The van der Waals surface area contributed by atoms with Gasteiger partial charge in [-0.2, -0.15) is 9.97 Å². The van der Waals surface area contributed by atoms with Crippen LogP contribution in [0.25, 0.3) is 0 Å². The van der Waals surface area contributed by atoms with Crippen LogP contribution in [0.5, 0.6) is 0 Å². The molecule has 2 rings (SSSR count). The third-order valence-electron chi connectivity index (χ3n) is 2.45. The number of aromatic carboxylic acids is 2. The molecule has 2 aromatic rings. The van der Waals surface area contributed by atoms with Crippen LogP contribution in [-0.4, -0.2) is 26.9 Å². The number of carboxylic acid groups (broad SMARTS) is 2. The maximum absolute atomic E-state index is 11.3. The first kappa shape index (κ1) is 22.5. The maximum atomic E-state index is 11.3. The van der Waals surface area contributed by atoms with Crippen LogP contribution in [0.1, 0.15) is 20.7 Å². The van der Waals surface area contributed by atoms with Gasteiger partial charge in [-0.25, -0.2) is 10.6 Å². The standard InChI is InChI=1S/C11H10N6O5.2Na/c12-17-10-14-9(15-11(22)16-10)13-6-2-4(7(18)19)1-5(3-6)8(20)21;;/h1-3H,12H2,(H,18,19)(H,20,21)(H3,13,14,15,16,17,22);;/q;2*+1/p-2. The molecule has 0 saturated heterocycles. The third kappa shape index (κ3) is 5.87. The fourth-order valence-electron chi connectivity index (χ4n) is 1.57. The van der Waals surface area contributed by atoms with Crippen molar-refractivity contribution in [2.45, 2.75) is 0 Å². The summed E-state index contributed by atoms with van der Waals surface area (Å²) in [5, 5.41) is 24.2. The van der Waals surface area contributed by atoms with Crippen LogP contribution < -0.4 is 91.6 Å². The molecule has 0 unspecified atom stereocenters. The number of nitrogens with zero attached hydrogens (tertiary/aromatic N) is 2. The zero-order valence-electron chi connectivity index (χ0n) is 12.7. The summed E-state index contributed by atoms with van der Waals surface area (Å²) < 4.78 is 0. The average Bonchev–Trinajstić information content (AvgIpc) is 2.46. The van der Waals surface area contributed by atoms with Crippen LogP contribution in [0.15, 0.2) is 23.0 Å². The van der Waals surface area contributed by atoms with Gasteiger partial charge >= 0.3 is 64.8 Å². The molecule has 5 N–H and O–H groups in total. The number of benzene rings is 1. The number of nitrogen functional groups attached to an aromatic ring is 1. The average molecular weight is 350 g/mol. The van der Waals surface area contributed by atoms with Crippen molar-refractivity contribution >= 4 is 29.5 Å². The van der Waals surface area contributed by atoms with Gasteiger partial charge in [0.15, 0.2) is 0 Å². The van der Waals surface area contributed by atoms with E-state index in [4.69, 9.17) is 5.84 Å². The van der Waals surface area contributed by atoms with E-state index in [1.807, 2.05) is 0 Å². The van der Waals surface area contributed by atoms with Gasteiger partial charge in [0.05, 0.1) is 11.9 Å². The van der Waals surface area contributed by atoms with E-state index in [0.717, 1.165) is 18.2 Å². The molecule has 0 bridgehead atoms. The predicted octanol–water partition coefficient (Wildman–Crippen LogP) is -9.07. The van der Waals surface area contributed by atoms with Gasteiger partial charge in [0.25, 0.3) is 0 Å². The third-order valence-corrected chi connectivity index (χ3v) is 2.45. The molecular weight excluding hydrogens is 342 g/mol. The number of carboxylic acids is 2. The number of nitrogens with one attached hydrogen (secondary N) is 3. The number of nitrogens with two attached hydrogens (primary N) is 1. The van der Waals surface area contributed by atoms with E-state index < -0.39 is 28.8 Å². The summed E-state index contributed by atoms with van der Waals surface area (Å²) in [5.74, 6) is 1.61. The second kappa shape index (κ2) is 9.74. The van der Waals surface area contributed by atoms with Crippen molar-refractivity contribution in [1.29, 1.82) is 0 Å². The Balaban J connectivity index is 0.00000264. The molecule has 0 aliphatic carbocycles. The number of hydrazine groups is 1. The topological polar surface area (TPSA) is 189 Å². The van der Waals surface area contributed by atoms with Crippen LogP contribution in [0, 0.1) is 0 Å². The quantitative estimate of drug-likeness (QED) is 0.229. The summed E-state index contributed by atoms with van der Waals surface area (Å²) >= 11 is 0. The molecule has 0 fully saturated rings. The summed E-state index contributed by atoms with van der Waals surface area (Å²) in [4.78, 5) is 42.4. The molecule has 0 spiro atoms. The molecule has 1 aromatic heterocycles. The molecule has 0 atom stereocenters. The predicted molar refractivity (Wildman–Crippen MR) is 68.8 cm³/mol. The molecule has 24 heavy (non-hydrogen) atoms. The molecule has 0 amide bonds. The zero-order chi connectivity index (χ0) is 16.3. The molecule has 11 nitrogen and oxygen atoms in total. The first-order chi connectivity index (χ1) is 10.4. The number of H-pyrrole nitrogens is 1. The van der Waals surface area contributed by atoms with Gasteiger partial charge in [-0.3, -0.25) is 10.4 Å². The minimum atomic E-state index is -1.58. The Morgan fingerprint density at radius 1 is 1.04 bits per heavy atom. The summed E-state index contributed by atoms with van der Waals surface area (Å²) in [6, 6.07) is 3.05. The normalized spacial score (nSPS) is 9.21. The first-order valence-electron chi connectivity index (χ1n) is 5.69. The van der Waals surface area contributed by atoms with E-state index in [1.165, 1.54) is 0 Å². The number of carbonyl (C=O) groups excluding carboxylic acids is 2. The Labute approximate surface area is 178 Å². The van der Waals surface area contributed by atoms with Crippen molar-refractivity contribution in [3.63, 3.8) is 0 Å². The molecule has 0 aliphatic rings. The fourth-order valence-corrected chi connectivity index (χ4v) is 1.57. The van der Waals surface area contributed by atoms with Gasteiger partial charge in [0, 0.05) is 5.69 Å². The summed E-state index contributed by atoms with van der Waals surface area (Å²) in [7, 11) is 0. The fraction of sp³-hybridized carbons (Fsp3) is 0. The van der Waals surface area contributed by atoms with E-state index in [9.17, 15) is 24.6 Å². The Bertz CT molecular complexity index is 779. The van der Waals surface area contributed by atoms with Crippen molar-refractivity contribution in [3.8, 4) is 0 Å². The Hall–Kier alpha value is -1.47. The van der Waals surface area contributed by atoms with Crippen LogP contribution >= 0.6 is 0 Å². The van der Waals surface area contributed by atoms with Crippen molar-refractivity contribution in [3.05, 3.63) is 39.8 Å². The smallest absolute Gasteiger partial charge is 0.545 e. The van der Waals surface area contributed by atoms with Crippen molar-refractivity contribution < 1.29 is 78.9 Å². The largest absolute Gasteiger partial charge is 1.00 e. The SMILES string of the molecule is NNc1nc(Nc2cc(C(=O)[O-])cc(C(=O)[O-])c2)nc(=O)[nH]1.[Na+].[Na+]. The van der Waals surface area contributed by atoms with Crippen LogP contribution in [0.2, 0.25) is 0 Å². The second-order valence-corrected chi connectivity index (χ2v) is 3.97. The molecule has 0 radical (unpaired) electrons. The molecule has 0 saturated carbocycles. The number of carbonyl (C=O) groups is 2. The van der Waals surface area contributed by atoms with Gasteiger partial charge in [-0.1, -0.05) is 0 Å². The molecule has 13 heteroatoms. The van der Waals surface area contributed by atoms with Crippen molar-refractivity contribution in [1.82, 2.24) is 15.0 Å². The van der Waals surface area contributed by atoms with Crippen molar-refractivity contribution in [2.24, 2.45) is 5.84 Å².